The summed E-state index contributed by atoms with van der Waals surface area (Å²) in [6.45, 7) is 2.67. The molecule has 0 radical (unpaired) electrons. The fourth-order valence-corrected chi connectivity index (χ4v) is 3.99. The van der Waals surface area contributed by atoms with Crippen LogP contribution in [0.15, 0.2) is 41.5 Å². The van der Waals surface area contributed by atoms with Gasteiger partial charge in [0.15, 0.2) is 11.5 Å². The highest BCUT2D eigenvalue weighted by molar-refractivity contribution is 6.11. The smallest absolute Gasteiger partial charge is 0.275 e. The van der Waals surface area contributed by atoms with E-state index in [9.17, 15) is 9.18 Å². The number of fused-ring (bicyclic) bond motifs is 2. The largest absolute Gasteiger partial charge is 0.339 e. The molecule has 1 N–H and O–H groups in total. The Morgan fingerprint density at radius 1 is 1.31 bits per heavy atom. The molecule has 1 saturated heterocycles. The number of hydrogen-bond donors (Lipinski definition) is 1. The van der Waals surface area contributed by atoms with E-state index in [0.29, 0.717) is 25.2 Å². The van der Waals surface area contributed by atoms with Gasteiger partial charge in [-0.05, 0) is 31.2 Å². The van der Waals surface area contributed by atoms with Gasteiger partial charge in [0, 0.05) is 42.8 Å². The number of likely N-dealkylation sites (tertiary alicyclic amines) is 1. The number of amides is 1. The molecular formula is C21H21FN6O. The Morgan fingerprint density at radius 3 is 2.97 bits per heavy atom. The molecule has 2 aromatic heterocycles. The monoisotopic (exact) mass is 392 g/mol. The van der Waals surface area contributed by atoms with Crippen molar-refractivity contribution in [2.24, 2.45) is 12.0 Å². The molecule has 4 heterocycles. The van der Waals surface area contributed by atoms with E-state index in [2.05, 4.69) is 20.4 Å². The first-order valence-corrected chi connectivity index (χ1v) is 9.62. The summed E-state index contributed by atoms with van der Waals surface area (Å²) in [6.07, 6.45) is 2.11. The van der Waals surface area contributed by atoms with Crippen molar-refractivity contribution in [3.63, 3.8) is 0 Å². The van der Waals surface area contributed by atoms with Gasteiger partial charge in [-0.15, -0.1) is 0 Å². The van der Waals surface area contributed by atoms with E-state index in [-0.39, 0.29) is 12.5 Å². The maximum absolute atomic E-state index is 14.2. The van der Waals surface area contributed by atoms with E-state index < -0.39 is 5.67 Å². The Hall–Kier alpha value is -3.29. The molecule has 148 valence electrons. The third-order valence-electron chi connectivity index (χ3n) is 5.55. The van der Waals surface area contributed by atoms with Crippen LogP contribution in [0.3, 0.4) is 0 Å². The SMILES string of the molecule is Cn1nc(C(=O)N2CCC(C)(F)C2)c2ccc(NC3=NCc4cccnc43)cc21. The number of hydrogen-bond acceptors (Lipinski definition) is 5. The van der Waals surface area contributed by atoms with Crippen molar-refractivity contribution in [1.29, 1.82) is 0 Å². The predicted molar refractivity (Wildman–Crippen MR) is 109 cm³/mol. The van der Waals surface area contributed by atoms with Gasteiger partial charge in [0.2, 0.25) is 0 Å². The van der Waals surface area contributed by atoms with Gasteiger partial charge in [-0.25, -0.2) is 4.39 Å². The zero-order chi connectivity index (χ0) is 20.2. The lowest BCUT2D eigenvalue weighted by Gasteiger charge is -2.16. The quantitative estimate of drug-likeness (QED) is 0.728. The molecule has 29 heavy (non-hydrogen) atoms. The number of benzene rings is 1. The summed E-state index contributed by atoms with van der Waals surface area (Å²) < 4.78 is 15.8. The van der Waals surface area contributed by atoms with Gasteiger partial charge >= 0.3 is 0 Å². The summed E-state index contributed by atoms with van der Waals surface area (Å²) in [5, 5.41) is 8.50. The highest BCUT2D eigenvalue weighted by Crippen LogP contribution is 2.29. The molecule has 0 bridgehead atoms. The second-order valence-electron chi connectivity index (χ2n) is 7.90. The first kappa shape index (κ1) is 17.8. The van der Waals surface area contributed by atoms with Gasteiger partial charge in [-0.3, -0.25) is 19.5 Å². The van der Waals surface area contributed by atoms with Crippen molar-refractivity contribution in [1.82, 2.24) is 19.7 Å². The van der Waals surface area contributed by atoms with Crippen molar-refractivity contribution in [3.8, 4) is 0 Å². The van der Waals surface area contributed by atoms with E-state index in [1.54, 1.807) is 22.8 Å². The lowest BCUT2D eigenvalue weighted by Crippen LogP contribution is -2.32. The van der Waals surface area contributed by atoms with Crippen LogP contribution in [0.2, 0.25) is 0 Å². The minimum Gasteiger partial charge on any atom is -0.339 e. The van der Waals surface area contributed by atoms with E-state index >= 15 is 0 Å². The topological polar surface area (TPSA) is 75.4 Å². The Bertz CT molecular complexity index is 1170. The molecule has 5 rings (SSSR count). The number of alkyl halides is 1. The van der Waals surface area contributed by atoms with Crippen LogP contribution in [0, 0.1) is 0 Å². The van der Waals surface area contributed by atoms with Crippen LogP contribution in [-0.4, -0.2) is 50.2 Å². The van der Waals surface area contributed by atoms with Crippen LogP contribution in [0.1, 0.15) is 35.1 Å². The first-order valence-electron chi connectivity index (χ1n) is 9.62. The van der Waals surface area contributed by atoms with Gasteiger partial charge in [-0.2, -0.15) is 5.10 Å². The zero-order valence-electron chi connectivity index (χ0n) is 16.3. The van der Waals surface area contributed by atoms with Crippen molar-refractivity contribution in [3.05, 3.63) is 53.5 Å². The van der Waals surface area contributed by atoms with Crippen molar-refractivity contribution in [2.75, 3.05) is 18.4 Å². The van der Waals surface area contributed by atoms with E-state index in [1.807, 2.05) is 30.3 Å². The minimum atomic E-state index is -1.33. The molecule has 3 aromatic rings. The van der Waals surface area contributed by atoms with Crippen LogP contribution in [0.4, 0.5) is 10.1 Å². The summed E-state index contributed by atoms with van der Waals surface area (Å²) in [4.78, 5) is 23.4. The number of rotatable bonds is 2. The fraction of sp³-hybridized carbons (Fsp3) is 0.333. The Kier molecular flexibility index (Phi) is 3.90. The lowest BCUT2D eigenvalue weighted by atomic mass is 10.1. The fourth-order valence-electron chi connectivity index (χ4n) is 3.99. The van der Waals surface area contributed by atoms with Gasteiger partial charge in [0.25, 0.3) is 5.91 Å². The zero-order valence-corrected chi connectivity index (χ0v) is 16.3. The molecule has 8 heteroatoms. The van der Waals surface area contributed by atoms with Crippen LogP contribution >= 0.6 is 0 Å². The van der Waals surface area contributed by atoms with Gasteiger partial charge in [-0.1, -0.05) is 6.07 Å². The average Bonchev–Trinajstić information content (AvgIpc) is 3.37. The van der Waals surface area contributed by atoms with E-state index in [0.717, 1.165) is 33.7 Å². The molecule has 2 aliphatic rings. The first-order chi connectivity index (χ1) is 13.9. The third kappa shape index (κ3) is 3.04. The molecule has 0 saturated carbocycles. The number of halogens is 1. The van der Waals surface area contributed by atoms with Crippen molar-refractivity contribution in [2.45, 2.75) is 25.6 Å². The number of nitrogens with zero attached hydrogens (tertiary/aromatic N) is 5. The average molecular weight is 392 g/mol. The molecular weight excluding hydrogens is 371 g/mol. The highest BCUT2D eigenvalue weighted by Gasteiger charge is 2.37. The van der Waals surface area contributed by atoms with Gasteiger partial charge < -0.3 is 10.2 Å². The second-order valence-corrected chi connectivity index (χ2v) is 7.90. The maximum Gasteiger partial charge on any atom is 0.275 e. The van der Waals surface area contributed by atoms with Crippen molar-refractivity contribution < 1.29 is 9.18 Å². The van der Waals surface area contributed by atoms with Crippen LogP contribution in [0.5, 0.6) is 0 Å². The van der Waals surface area contributed by atoms with Crippen LogP contribution in [-0.2, 0) is 13.6 Å². The highest BCUT2D eigenvalue weighted by atomic mass is 19.1. The number of carbonyl (C=O) groups is 1. The number of carbonyl (C=O) groups excluding carboxylic acids is 1. The molecule has 1 atom stereocenters. The third-order valence-corrected chi connectivity index (χ3v) is 5.55. The number of nitrogens with one attached hydrogen (secondary N) is 1. The number of anilines is 1. The number of pyridine rings is 1. The summed E-state index contributed by atoms with van der Waals surface area (Å²) in [6, 6.07) is 9.63. The second kappa shape index (κ2) is 6.37. The number of amidine groups is 1. The van der Waals surface area contributed by atoms with Crippen LogP contribution < -0.4 is 5.32 Å². The molecule has 0 spiro atoms. The van der Waals surface area contributed by atoms with Crippen LogP contribution in [0.25, 0.3) is 10.9 Å². The number of aliphatic imine (C=N–C) groups is 1. The molecule has 2 aliphatic heterocycles. The summed E-state index contributed by atoms with van der Waals surface area (Å²) in [5.41, 5.74) is 2.64. The standard InChI is InChI=1S/C21H21FN6O/c1-21(22)7-9-28(12-21)20(29)18-15-6-5-14(10-16(15)27(2)26-18)25-19-17-13(11-24-19)4-3-8-23-17/h3-6,8,10H,7,9,11-12H2,1-2H3,(H,24,25). The predicted octanol–water partition coefficient (Wildman–Crippen LogP) is 2.91. The molecule has 1 aromatic carbocycles. The molecule has 0 aliphatic carbocycles. The number of aromatic nitrogens is 3. The lowest BCUT2D eigenvalue weighted by molar-refractivity contribution is 0.0756. The van der Waals surface area contributed by atoms with E-state index in [1.165, 1.54) is 6.92 Å². The summed E-state index contributed by atoms with van der Waals surface area (Å²) >= 11 is 0. The summed E-state index contributed by atoms with van der Waals surface area (Å²) in [7, 11) is 1.80. The minimum absolute atomic E-state index is 0.107. The molecule has 1 amide bonds. The van der Waals surface area contributed by atoms with E-state index in [4.69, 9.17) is 0 Å². The Labute approximate surface area is 167 Å². The van der Waals surface area contributed by atoms with Crippen molar-refractivity contribution >= 4 is 28.3 Å². The van der Waals surface area contributed by atoms with Gasteiger partial charge in [0.1, 0.15) is 11.4 Å². The van der Waals surface area contributed by atoms with Gasteiger partial charge in [0.05, 0.1) is 18.6 Å². The summed E-state index contributed by atoms with van der Waals surface area (Å²) in [5.74, 6) is 0.508. The normalized spacial score (nSPS) is 20.8. The number of aryl methyl sites for hydroxylation is 1. The Balaban J connectivity index is 1.44. The molecule has 7 nitrogen and oxygen atoms in total. The Morgan fingerprint density at radius 2 is 2.17 bits per heavy atom. The molecule has 1 unspecified atom stereocenters. The maximum atomic E-state index is 14.2. The molecule has 1 fully saturated rings.